The fourth-order valence-electron chi connectivity index (χ4n) is 5.03. The van der Waals surface area contributed by atoms with Gasteiger partial charge in [0.25, 0.3) is 5.91 Å². The van der Waals surface area contributed by atoms with Gasteiger partial charge in [0.05, 0.1) is 11.2 Å². The fourth-order valence-corrected chi connectivity index (χ4v) is 5.03. The second-order valence-corrected chi connectivity index (χ2v) is 9.23. The Hall–Kier alpha value is -4.08. The van der Waals surface area contributed by atoms with E-state index in [9.17, 15) is 9.59 Å². The highest BCUT2D eigenvalue weighted by Gasteiger charge is 2.32. The first-order chi connectivity index (χ1) is 17.0. The Bertz CT molecular complexity index is 1450. The summed E-state index contributed by atoms with van der Waals surface area (Å²) >= 11 is 0. The molecule has 0 N–H and O–H groups in total. The maximum Gasteiger partial charge on any atom is 0.254 e. The first-order valence-corrected chi connectivity index (χ1v) is 11.8. The Kier molecular flexibility index (Phi) is 5.09. The second-order valence-electron chi connectivity index (χ2n) is 9.23. The fraction of sp³-hybridized carbons (Fsp3) is 0.360. The maximum atomic E-state index is 12.9. The molecule has 0 saturated carbocycles. The Morgan fingerprint density at radius 1 is 1.20 bits per heavy atom. The third kappa shape index (κ3) is 3.74. The summed E-state index contributed by atoms with van der Waals surface area (Å²) < 4.78 is 7.39. The van der Waals surface area contributed by atoms with Crippen LogP contribution >= 0.6 is 0 Å². The van der Waals surface area contributed by atoms with Gasteiger partial charge < -0.3 is 14.3 Å². The van der Waals surface area contributed by atoms with Gasteiger partial charge in [-0.1, -0.05) is 23.4 Å². The van der Waals surface area contributed by atoms with Gasteiger partial charge in [-0.05, 0) is 37.5 Å². The van der Waals surface area contributed by atoms with Crippen molar-refractivity contribution < 1.29 is 14.1 Å². The predicted octanol–water partition coefficient (Wildman–Crippen LogP) is 2.69. The molecule has 0 unspecified atom stereocenters. The van der Waals surface area contributed by atoms with Crippen molar-refractivity contribution in [3.05, 3.63) is 59.2 Å². The Morgan fingerprint density at radius 3 is 2.80 bits per heavy atom. The summed E-state index contributed by atoms with van der Waals surface area (Å²) in [7, 11) is 1.88. The molecule has 5 heterocycles. The number of aromatic nitrogens is 5. The van der Waals surface area contributed by atoms with Crippen LogP contribution in [0.2, 0.25) is 0 Å². The number of likely N-dealkylation sites (tertiary alicyclic amines) is 1. The van der Waals surface area contributed by atoms with Crippen LogP contribution in [0.5, 0.6) is 0 Å². The van der Waals surface area contributed by atoms with Crippen LogP contribution < -0.4 is 0 Å². The van der Waals surface area contributed by atoms with Gasteiger partial charge >= 0.3 is 0 Å². The zero-order chi connectivity index (χ0) is 24.1. The zero-order valence-electron chi connectivity index (χ0n) is 19.6. The number of pyridine rings is 1. The third-order valence-corrected chi connectivity index (χ3v) is 6.98. The number of benzene rings is 1. The third-order valence-electron chi connectivity index (χ3n) is 6.98. The quantitative estimate of drug-likeness (QED) is 0.450. The number of hydrogen-bond acceptors (Lipinski definition) is 7. The van der Waals surface area contributed by atoms with Crippen LogP contribution in [0.15, 0.2) is 41.1 Å². The highest BCUT2D eigenvalue weighted by atomic mass is 16.5. The van der Waals surface area contributed by atoms with Crippen molar-refractivity contribution in [3.63, 3.8) is 0 Å². The molecular formula is C25H25N7O3. The summed E-state index contributed by atoms with van der Waals surface area (Å²) in [5.74, 6) is 1.07. The first-order valence-electron chi connectivity index (χ1n) is 11.8. The van der Waals surface area contributed by atoms with Gasteiger partial charge in [0, 0.05) is 49.9 Å². The summed E-state index contributed by atoms with van der Waals surface area (Å²) in [6, 6.07) is 9.49. The summed E-state index contributed by atoms with van der Waals surface area (Å²) in [5.41, 5.74) is 5.10. The molecule has 0 aliphatic carbocycles. The van der Waals surface area contributed by atoms with E-state index in [1.165, 1.54) is 0 Å². The first kappa shape index (κ1) is 21.5. The van der Waals surface area contributed by atoms with Crippen LogP contribution in [-0.2, 0) is 18.4 Å². The molecular weight excluding hydrogens is 446 g/mol. The number of amides is 2. The van der Waals surface area contributed by atoms with Crippen LogP contribution in [0.4, 0.5) is 0 Å². The summed E-state index contributed by atoms with van der Waals surface area (Å²) in [6.45, 7) is 3.71. The number of rotatable bonds is 4. The molecule has 35 heavy (non-hydrogen) atoms. The minimum Gasteiger partial charge on any atom is -0.341 e. The minimum atomic E-state index is -0.0730. The zero-order valence-corrected chi connectivity index (χ0v) is 19.6. The van der Waals surface area contributed by atoms with Crippen LogP contribution in [-0.4, -0.2) is 66.2 Å². The van der Waals surface area contributed by atoms with Crippen molar-refractivity contribution in [2.75, 3.05) is 19.6 Å². The van der Waals surface area contributed by atoms with Crippen molar-refractivity contribution in [1.29, 1.82) is 0 Å². The molecule has 2 amide bonds. The Morgan fingerprint density at radius 2 is 2.00 bits per heavy atom. The molecule has 178 valence electrons. The van der Waals surface area contributed by atoms with Crippen LogP contribution in [0.3, 0.4) is 0 Å². The van der Waals surface area contributed by atoms with Gasteiger partial charge in [-0.3, -0.25) is 19.3 Å². The van der Waals surface area contributed by atoms with Gasteiger partial charge in [-0.25, -0.2) is 0 Å². The van der Waals surface area contributed by atoms with Gasteiger partial charge in [-0.15, -0.1) is 0 Å². The number of aryl methyl sites for hydroxylation is 2. The van der Waals surface area contributed by atoms with E-state index in [-0.39, 0.29) is 24.3 Å². The molecule has 0 spiro atoms. The van der Waals surface area contributed by atoms with E-state index in [0.717, 1.165) is 40.7 Å². The summed E-state index contributed by atoms with van der Waals surface area (Å²) in [6.07, 6.45) is 3.21. The highest BCUT2D eigenvalue weighted by Crippen LogP contribution is 2.30. The van der Waals surface area contributed by atoms with Gasteiger partial charge in [0.1, 0.15) is 12.1 Å². The largest absolute Gasteiger partial charge is 0.341 e. The molecule has 2 aliphatic heterocycles. The van der Waals surface area contributed by atoms with Crippen LogP contribution in [0, 0.1) is 6.92 Å². The molecule has 1 aromatic carbocycles. The smallest absolute Gasteiger partial charge is 0.254 e. The molecule has 0 atom stereocenters. The van der Waals surface area contributed by atoms with Gasteiger partial charge in [-0.2, -0.15) is 10.1 Å². The number of nitrogens with zero attached hydrogens (tertiary/aromatic N) is 7. The van der Waals surface area contributed by atoms with Crippen molar-refractivity contribution in [3.8, 4) is 11.4 Å². The Labute approximate surface area is 201 Å². The lowest BCUT2D eigenvalue weighted by molar-refractivity contribution is -0.133. The van der Waals surface area contributed by atoms with Crippen LogP contribution in [0.25, 0.3) is 22.4 Å². The number of fused-ring (bicyclic) bond motifs is 2. The average Bonchev–Trinajstić information content (AvgIpc) is 3.56. The highest BCUT2D eigenvalue weighted by molar-refractivity contribution is 6.00. The number of carbonyl (C=O) groups is 2. The maximum absolute atomic E-state index is 12.9. The lowest BCUT2D eigenvalue weighted by Crippen LogP contribution is -2.44. The monoisotopic (exact) mass is 471 g/mol. The number of hydrogen-bond donors (Lipinski definition) is 0. The molecule has 10 nitrogen and oxygen atoms in total. The van der Waals surface area contributed by atoms with Crippen LogP contribution in [0.1, 0.15) is 46.3 Å². The molecule has 1 fully saturated rings. The van der Waals surface area contributed by atoms with E-state index >= 15 is 0 Å². The number of carbonyl (C=O) groups excluding carboxylic acids is 2. The molecule has 3 aromatic heterocycles. The second kappa shape index (κ2) is 8.30. The van der Waals surface area contributed by atoms with E-state index < -0.39 is 0 Å². The van der Waals surface area contributed by atoms with E-state index in [0.29, 0.717) is 36.9 Å². The SMILES string of the molecule is Cc1nn(C)c2cc(-c3noc(C4CCN(C(=O)CN5Cc6ccccc6C5=O)CC4)n3)cnc12. The normalized spacial score (nSPS) is 16.3. The topological polar surface area (TPSA) is 110 Å². The standard InChI is InChI=1S/C25H25N7O3/c1-15-22-20(30(2)28-15)11-18(12-26-22)23-27-24(35-29-23)16-7-9-31(10-8-16)21(33)14-32-13-17-5-3-4-6-19(17)25(32)34/h3-6,11-12,16H,7-10,13-14H2,1-2H3. The molecule has 6 rings (SSSR count). The van der Waals surface area contributed by atoms with Gasteiger partial charge in [0.2, 0.25) is 17.6 Å². The lowest BCUT2D eigenvalue weighted by Gasteiger charge is -2.31. The predicted molar refractivity (Wildman–Crippen MR) is 126 cm³/mol. The molecule has 2 aliphatic rings. The molecule has 0 bridgehead atoms. The van der Waals surface area contributed by atoms with Crippen molar-refractivity contribution in [2.24, 2.45) is 7.05 Å². The Balaban J connectivity index is 1.08. The summed E-state index contributed by atoms with van der Waals surface area (Å²) in [4.78, 5) is 38.1. The van der Waals surface area contributed by atoms with Crippen molar-refractivity contribution >= 4 is 22.8 Å². The molecule has 1 saturated heterocycles. The van der Waals surface area contributed by atoms with E-state index in [1.807, 2.05) is 49.2 Å². The van der Waals surface area contributed by atoms with E-state index in [1.54, 1.807) is 15.8 Å². The average molecular weight is 472 g/mol. The van der Waals surface area contributed by atoms with Crippen molar-refractivity contribution in [1.82, 2.24) is 34.7 Å². The van der Waals surface area contributed by atoms with Gasteiger partial charge in [0.15, 0.2) is 0 Å². The summed E-state index contributed by atoms with van der Waals surface area (Å²) in [5, 5.41) is 8.58. The van der Waals surface area contributed by atoms with E-state index in [2.05, 4.69) is 20.2 Å². The molecule has 10 heteroatoms. The van der Waals surface area contributed by atoms with Crippen molar-refractivity contribution in [2.45, 2.75) is 32.2 Å². The lowest BCUT2D eigenvalue weighted by atomic mass is 9.96. The molecule has 0 radical (unpaired) electrons. The number of piperidine rings is 1. The van der Waals surface area contributed by atoms with E-state index in [4.69, 9.17) is 4.52 Å². The molecule has 4 aromatic rings. The minimum absolute atomic E-state index is 0.0262.